The molecule has 236 valence electrons. The summed E-state index contributed by atoms with van der Waals surface area (Å²) in [5.41, 5.74) is 17.7. The number of halogens is 2. The Morgan fingerprint density at radius 3 is 1.61 bits per heavy atom. The third kappa shape index (κ3) is 5.04. The Kier molecular flexibility index (Phi) is 8.34. The second-order valence-corrected chi connectivity index (χ2v) is 10.6. The molecule has 6 rings (SSSR count). The van der Waals surface area contributed by atoms with Gasteiger partial charge in [0.05, 0.1) is 47.9 Å². The number of carbonyl (C=O) groups is 2. The first-order valence-corrected chi connectivity index (χ1v) is 13.5. The highest BCUT2D eigenvalue weighted by atomic mass is 19.1. The van der Waals surface area contributed by atoms with Crippen LogP contribution in [0.2, 0.25) is 0 Å². The van der Waals surface area contributed by atoms with Gasteiger partial charge in [-0.3, -0.25) is 4.79 Å². The van der Waals surface area contributed by atoms with Crippen molar-refractivity contribution in [1.82, 2.24) is 29.2 Å². The van der Waals surface area contributed by atoms with Crippen molar-refractivity contribution in [1.29, 1.82) is 0 Å². The minimum Gasteiger partial charge on any atom is -0.478 e. The smallest absolute Gasteiger partial charge is 0.338 e. The second-order valence-electron chi connectivity index (χ2n) is 10.6. The number of anilines is 2. The van der Waals surface area contributed by atoms with Gasteiger partial charge in [0.1, 0.15) is 48.2 Å². The van der Waals surface area contributed by atoms with Gasteiger partial charge in [-0.15, -0.1) is 0 Å². The predicted molar refractivity (Wildman–Crippen MR) is 148 cm³/mol. The summed E-state index contributed by atoms with van der Waals surface area (Å²) in [6.07, 6.45) is -3.66. The van der Waals surface area contributed by atoms with Crippen molar-refractivity contribution in [3.05, 3.63) is 47.3 Å². The number of nitrogens with two attached hydrogens (primary N) is 3. The number of ether oxygens (including phenoxy) is 2. The van der Waals surface area contributed by atoms with Crippen LogP contribution in [0.5, 0.6) is 0 Å². The van der Waals surface area contributed by atoms with Crippen LogP contribution in [0.15, 0.2) is 24.8 Å². The first kappa shape index (κ1) is 30.9. The summed E-state index contributed by atoms with van der Waals surface area (Å²) in [7, 11) is 0. The standard InChI is InChI=1S/C13H16FN5O3.C13H15FN4O4/c1-5-8(3-20)22-11(9(5)14)7-2-6(13(16)21)10-12(15)17-4-18-19(7)10;1-5-8(3-19)22-11(9(5)14)7-2-6(13(20)21)10-12(15)16-4-17-18(7)10/h2,4-5,8-9,11,20H,3H2,1H3,(H2,16,21)(H2,15,17,18);2,4-5,8-9,11,19H,3H2,1H3,(H,20,21)(H2,15,16,17)/t2*5-,8-,9-,11+/m11/s1. The molecule has 4 aromatic heterocycles. The molecule has 0 radical (unpaired) electrons. The molecule has 0 aliphatic carbocycles. The minimum absolute atomic E-state index is 0.0150. The van der Waals surface area contributed by atoms with Crippen molar-refractivity contribution >= 4 is 34.5 Å². The van der Waals surface area contributed by atoms with Gasteiger partial charge in [-0.25, -0.2) is 32.6 Å². The number of hydrogen-bond acceptors (Lipinski definition) is 12. The average Bonchev–Trinajstić information content (AvgIpc) is 3.72. The summed E-state index contributed by atoms with van der Waals surface area (Å²) in [5.74, 6) is -2.89. The van der Waals surface area contributed by atoms with E-state index in [9.17, 15) is 33.7 Å². The topological polar surface area (TPSA) is 252 Å². The van der Waals surface area contributed by atoms with Gasteiger partial charge in [0.15, 0.2) is 11.6 Å². The highest BCUT2D eigenvalue weighted by Gasteiger charge is 2.45. The van der Waals surface area contributed by atoms with E-state index in [1.807, 2.05) is 0 Å². The van der Waals surface area contributed by atoms with Crippen molar-refractivity contribution in [3.8, 4) is 0 Å². The molecule has 2 aliphatic rings. The fourth-order valence-electron chi connectivity index (χ4n) is 5.56. The first-order chi connectivity index (χ1) is 20.9. The number of primary amides is 1. The number of aliphatic hydroxyl groups excluding tert-OH is 2. The van der Waals surface area contributed by atoms with Gasteiger partial charge in [0.25, 0.3) is 5.91 Å². The van der Waals surface area contributed by atoms with E-state index >= 15 is 0 Å². The van der Waals surface area contributed by atoms with E-state index in [0.717, 1.165) is 6.33 Å². The van der Waals surface area contributed by atoms with Crippen molar-refractivity contribution in [3.63, 3.8) is 0 Å². The normalized spacial score (nSPS) is 28.3. The molecule has 0 bridgehead atoms. The van der Waals surface area contributed by atoms with Crippen LogP contribution in [0.4, 0.5) is 20.4 Å². The molecule has 4 aromatic rings. The van der Waals surface area contributed by atoms with Gasteiger partial charge < -0.3 is 42.0 Å². The van der Waals surface area contributed by atoms with Crippen LogP contribution < -0.4 is 17.2 Å². The van der Waals surface area contributed by atoms with Crippen LogP contribution >= 0.6 is 0 Å². The zero-order chi connectivity index (χ0) is 32.0. The Hall–Kier alpha value is -4.52. The molecule has 2 aliphatic heterocycles. The molecule has 8 atom stereocenters. The van der Waals surface area contributed by atoms with Crippen molar-refractivity contribution in [2.45, 2.75) is 50.6 Å². The highest BCUT2D eigenvalue weighted by Crippen LogP contribution is 2.42. The van der Waals surface area contributed by atoms with Crippen LogP contribution in [-0.4, -0.2) is 94.2 Å². The third-order valence-electron chi connectivity index (χ3n) is 8.06. The molecular weight excluding hydrogens is 588 g/mol. The van der Waals surface area contributed by atoms with E-state index in [1.165, 1.54) is 27.5 Å². The molecule has 16 nitrogen and oxygen atoms in total. The number of nitrogens with zero attached hydrogens (tertiary/aromatic N) is 6. The highest BCUT2D eigenvalue weighted by molar-refractivity contribution is 6.02. The number of aromatic nitrogens is 6. The number of carboxylic acid groups (broad SMARTS) is 1. The lowest BCUT2D eigenvalue weighted by atomic mass is 9.99. The summed E-state index contributed by atoms with van der Waals surface area (Å²) < 4.78 is 42.6. The van der Waals surface area contributed by atoms with Gasteiger partial charge in [-0.05, 0) is 12.1 Å². The van der Waals surface area contributed by atoms with Crippen molar-refractivity contribution < 1.29 is 43.2 Å². The molecule has 2 saturated heterocycles. The monoisotopic (exact) mass is 619 g/mol. The molecule has 1 amide bonds. The zero-order valence-electron chi connectivity index (χ0n) is 23.5. The lowest BCUT2D eigenvalue weighted by Gasteiger charge is -2.13. The molecular formula is C26H31F2N9O7. The van der Waals surface area contributed by atoms with E-state index in [2.05, 4.69) is 20.2 Å². The minimum atomic E-state index is -1.40. The molecule has 0 aromatic carbocycles. The van der Waals surface area contributed by atoms with Crippen LogP contribution in [0.3, 0.4) is 0 Å². The number of amides is 1. The maximum absolute atomic E-state index is 14.5. The Morgan fingerprint density at radius 2 is 1.25 bits per heavy atom. The number of aromatic carboxylic acids is 1. The number of alkyl halides is 2. The maximum Gasteiger partial charge on any atom is 0.338 e. The number of carbonyl (C=O) groups excluding carboxylic acids is 1. The van der Waals surface area contributed by atoms with E-state index in [1.54, 1.807) is 13.8 Å². The molecule has 2 fully saturated rings. The number of hydrogen-bond donors (Lipinski definition) is 6. The summed E-state index contributed by atoms with van der Waals surface area (Å²) in [6.45, 7) is 2.67. The summed E-state index contributed by atoms with van der Waals surface area (Å²) in [4.78, 5) is 30.5. The predicted octanol–water partition coefficient (Wildman–Crippen LogP) is 0.233. The molecule has 18 heteroatoms. The fraction of sp³-hybridized carbons (Fsp3) is 0.462. The van der Waals surface area contributed by atoms with Crippen LogP contribution in [0, 0.1) is 11.8 Å². The molecule has 0 saturated carbocycles. The van der Waals surface area contributed by atoms with Gasteiger partial charge >= 0.3 is 5.97 Å². The summed E-state index contributed by atoms with van der Waals surface area (Å²) >= 11 is 0. The molecule has 0 spiro atoms. The van der Waals surface area contributed by atoms with Crippen LogP contribution in [-0.2, 0) is 9.47 Å². The third-order valence-corrected chi connectivity index (χ3v) is 8.06. The Balaban J connectivity index is 0.000000175. The van der Waals surface area contributed by atoms with E-state index in [4.69, 9.17) is 26.7 Å². The Morgan fingerprint density at radius 1 is 0.841 bits per heavy atom. The van der Waals surface area contributed by atoms with Crippen LogP contribution in [0.25, 0.3) is 11.0 Å². The maximum atomic E-state index is 14.5. The summed E-state index contributed by atoms with van der Waals surface area (Å²) in [6, 6.07) is 2.69. The Bertz CT molecular complexity index is 1590. The van der Waals surface area contributed by atoms with Gasteiger partial charge in [0, 0.05) is 11.8 Å². The quantitative estimate of drug-likeness (QED) is 0.169. The first-order valence-electron chi connectivity index (χ1n) is 13.5. The second kappa shape index (κ2) is 11.9. The lowest BCUT2D eigenvalue weighted by Crippen LogP contribution is -2.21. The molecule has 44 heavy (non-hydrogen) atoms. The van der Waals surface area contributed by atoms with Gasteiger partial charge in [0.2, 0.25) is 0 Å². The number of carboxylic acids is 1. The molecule has 9 N–H and O–H groups in total. The Labute approximate surface area is 247 Å². The SMILES string of the molecule is C[C@H]1[C@@H](F)[C@H](c2cc(C(=O)O)c3c(N)ncnn23)O[C@@H]1CO.C[C@H]1[C@@H](F)[C@H](c2cc(C(N)=O)c3c(N)ncnn23)O[C@@H]1CO. The largest absolute Gasteiger partial charge is 0.478 e. The summed E-state index contributed by atoms with van der Waals surface area (Å²) in [5, 5.41) is 35.7. The molecule has 6 heterocycles. The van der Waals surface area contributed by atoms with Gasteiger partial charge in [-0.1, -0.05) is 13.8 Å². The fourth-order valence-corrected chi connectivity index (χ4v) is 5.56. The van der Waals surface area contributed by atoms with Gasteiger partial charge in [-0.2, -0.15) is 10.2 Å². The zero-order valence-corrected chi connectivity index (χ0v) is 23.5. The lowest BCUT2D eigenvalue weighted by molar-refractivity contribution is -0.00713. The van der Waals surface area contributed by atoms with Crippen molar-refractivity contribution in [2.24, 2.45) is 17.6 Å². The number of nitrogen functional groups attached to an aromatic ring is 2. The van der Waals surface area contributed by atoms with Crippen LogP contribution in [0.1, 0.15) is 58.2 Å². The van der Waals surface area contributed by atoms with E-state index in [0.29, 0.717) is 5.69 Å². The number of fused-ring (bicyclic) bond motifs is 2. The number of aliphatic hydroxyl groups is 2. The average molecular weight is 620 g/mol. The van der Waals surface area contributed by atoms with E-state index < -0.39 is 60.5 Å². The number of rotatable bonds is 6. The van der Waals surface area contributed by atoms with E-state index in [-0.39, 0.29) is 52.7 Å². The van der Waals surface area contributed by atoms with Crippen molar-refractivity contribution in [2.75, 3.05) is 24.7 Å². The molecule has 0 unspecified atom stereocenters.